The molecule has 1 aliphatic rings. The van der Waals surface area contributed by atoms with Crippen molar-refractivity contribution < 1.29 is 4.79 Å². The second-order valence-corrected chi connectivity index (χ2v) is 6.38. The minimum atomic E-state index is -0.0501. The normalized spacial score (nSPS) is 17.8. The van der Waals surface area contributed by atoms with E-state index in [1.165, 1.54) is 11.3 Å². The second-order valence-electron chi connectivity index (χ2n) is 5.32. The molecular formula is C16H14N4OS. The van der Waals surface area contributed by atoms with Gasteiger partial charge in [-0.2, -0.15) is 0 Å². The molecule has 0 fully saturated rings. The molecule has 0 aliphatic carbocycles. The van der Waals surface area contributed by atoms with Gasteiger partial charge in [0.05, 0.1) is 17.8 Å². The predicted molar refractivity (Wildman–Crippen MR) is 86.6 cm³/mol. The highest BCUT2D eigenvalue weighted by molar-refractivity contribution is 7.15. The molecular weight excluding hydrogens is 296 g/mol. The Morgan fingerprint density at radius 1 is 1.27 bits per heavy atom. The van der Waals surface area contributed by atoms with E-state index in [-0.39, 0.29) is 11.8 Å². The number of nitrogens with zero attached hydrogens (tertiary/aromatic N) is 2. The maximum atomic E-state index is 12.1. The predicted octanol–water partition coefficient (Wildman–Crippen LogP) is 2.43. The number of amides is 1. The van der Waals surface area contributed by atoms with Gasteiger partial charge in [-0.25, -0.2) is 4.98 Å². The lowest BCUT2D eigenvalue weighted by Crippen LogP contribution is -2.21. The monoisotopic (exact) mass is 310 g/mol. The van der Waals surface area contributed by atoms with E-state index in [0.29, 0.717) is 18.1 Å². The summed E-state index contributed by atoms with van der Waals surface area (Å²) in [6.07, 6.45) is 2.18. The largest absolute Gasteiger partial charge is 0.375 e. The molecule has 3 N–H and O–H groups in total. The number of para-hydroxylation sites is 1. The van der Waals surface area contributed by atoms with Gasteiger partial charge in [0.25, 0.3) is 0 Å². The zero-order chi connectivity index (χ0) is 15.1. The number of nitrogens with two attached hydrogens (primary N) is 1. The van der Waals surface area contributed by atoms with Crippen LogP contribution in [0.1, 0.15) is 28.5 Å². The van der Waals surface area contributed by atoms with Crippen LogP contribution in [0.15, 0.2) is 36.5 Å². The van der Waals surface area contributed by atoms with Gasteiger partial charge in [-0.15, -0.1) is 11.3 Å². The van der Waals surface area contributed by atoms with Crippen LogP contribution in [0.25, 0.3) is 10.9 Å². The number of thiazole rings is 1. The molecule has 1 unspecified atom stereocenters. The number of nitrogen functional groups attached to an aromatic ring is 1. The van der Waals surface area contributed by atoms with Gasteiger partial charge >= 0.3 is 0 Å². The summed E-state index contributed by atoms with van der Waals surface area (Å²) in [5, 5.41) is 4.51. The highest BCUT2D eigenvalue weighted by atomic mass is 32.1. The molecule has 1 aromatic carbocycles. The van der Waals surface area contributed by atoms with Gasteiger partial charge in [-0.1, -0.05) is 24.3 Å². The summed E-state index contributed by atoms with van der Waals surface area (Å²) < 4.78 is 0. The summed E-state index contributed by atoms with van der Waals surface area (Å²) >= 11 is 1.46. The number of hydrogen-bond donors (Lipinski definition) is 2. The third kappa shape index (κ3) is 2.12. The fourth-order valence-corrected chi connectivity index (χ4v) is 3.94. The number of benzene rings is 1. The molecule has 1 aliphatic heterocycles. The van der Waals surface area contributed by atoms with Crippen LogP contribution in [0.3, 0.4) is 0 Å². The third-order valence-corrected chi connectivity index (χ3v) is 4.98. The molecule has 22 heavy (non-hydrogen) atoms. The Kier molecular flexibility index (Phi) is 3.04. The Morgan fingerprint density at radius 2 is 2.14 bits per heavy atom. The first-order chi connectivity index (χ1) is 10.7. The molecule has 110 valence electrons. The van der Waals surface area contributed by atoms with E-state index < -0.39 is 0 Å². The number of carbonyl (C=O) groups excluding carboxylic acids is 1. The van der Waals surface area contributed by atoms with Crippen molar-refractivity contribution >= 4 is 33.3 Å². The van der Waals surface area contributed by atoms with Crippen molar-refractivity contribution in [3.05, 3.63) is 52.7 Å². The summed E-state index contributed by atoms with van der Waals surface area (Å²) in [7, 11) is 0. The molecule has 3 heterocycles. The van der Waals surface area contributed by atoms with Gasteiger partial charge in [-0.3, -0.25) is 9.78 Å². The average molecular weight is 310 g/mol. The molecule has 6 heteroatoms. The maximum absolute atomic E-state index is 12.1. The first kappa shape index (κ1) is 13.2. The number of anilines is 1. The van der Waals surface area contributed by atoms with Crippen molar-refractivity contribution in [3.8, 4) is 0 Å². The summed E-state index contributed by atoms with van der Waals surface area (Å²) in [5.74, 6) is -0.0207. The standard InChI is InChI=1S/C16H14N4OS/c17-16-20-12-8-19-13(21)7-11(15(12)22-16)10-5-1-3-9-4-2-6-18-14(9)10/h1-6,11H,7-8H2,(H2,17,20)(H,19,21). The molecule has 3 aromatic rings. The molecule has 0 radical (unpaired) electrons. The van der Waals surface area contributed by atoms with E-state index >= 15 is 0 Å². The fraction of sp³-hybridized carbons (Fsp3) is 0.188. The van der Waals surface area contributed by atoms with E-state index in [9.17, 15) is 4.79 Å². The first-order valence-corrected chi connectivity index (χ1v) is 7.89. The molecule has 2 aromatic heterocycles. The van der Waals surface area contributed by atoms with Gasteiger partial charge in [0, 0.05) is 28.8 Å². The number of rotatable bonds is 1. The number of aromatic nitrogens is 2. The van der Waals surface area contributed by atoms with E-state index in [1.54, 1.807) is 6.20 Å². The quantitative estimate of drug-likeness (QED) is 0.723. The van der Waals surface area contributed by atoms with E-state index in [4.69, 9.17) is 5.73 Å². The van der Waals surface area contributed by atoms with Crippen LogP contribution in [-0.2, 0) is 11.3 Å². The Bertz CT molecular complexity index is 868. The van der Waals surface area contributed by atoms with Crippen molar-refractivity contribution in [2.75, 3.05) is 5.73 Å². The Balaban J connectivity index is 1.94. The van der Waals surface area contributed by atoms with Crippen LogP contribution in [0.4, 0.5) is 5.13 Å². The number of pyridine rings is 1. The van der Waals surface area contributed by atoms with Crippen molar-refractivity contribution in [2.45, 2.75) is 18.9 Å². The SMILES string of the molecule is Nc1nc2c(s1)C(c1cccc3cccnc13)CC(=O)NC2. The van der Waals surface area contributed by atoms with Crippen LogP contribution >= 0.6 is 11.3 Å². The summed E-state index contributed by atoms with van der Waals surface area (Å²) in [4.78, 5) is 22.0. The number of fused-ring (bicyclic) bond motifs is 2. The van der Waals surface area contributed by atoms with Gasteiger partial charge in [0.1, 0.15) is 0 Å². The van der Waals surface area contributed by atoms with Gasteiger partial charge in [0.2, 0.25) is 5.91 Å². The van der Waals surface area contributed by atoms with Gasteiger partial charge in [0.15, 0.2) is 5.13 Å². The molecule has 0 saturated carbocycles. The van der Waals surface area contributed by atoms with Crippen LogP contribution in [0.5, 0.6) is 0 Å². The first-order valence-electron chi connectivity index (χ1n) is 7.08. The summed E-state index contributed by atoms with van der Waals surface area (Å²) in [6, 6.07) is 10.0. The number of hydrogen-bond acceptors (Lipinski definition) is 5. The van der Waals surface area contributed by atoms with Gasteiger partial charge in [-0.05, 0) is 11.6 Å². The van der Waals surface area contributed by atoms with Crippen molar-refractivity contribution in [2.24, 2.45) is 0 Å². The lowest BCUT2D eigenvalue weighted by Gasteiger charge is -2.15. The van der Waals surface area contributed by atoms with E-state index in [0.717, 1.165) is 27.0 Å². The van der Waals surface area contributed by atoms with Crippen LogP contribution in [-0.4, -0.2) is 15.9 Å². The van der Waals surface area contributed by atoms with Gasteiger partial charge < -0.3 is 11.1 Å². The lowest BCUT2D eigenvalue weighted by molar-refractivity contribution is -0.121. The molecule has 4 rings (SSSR count). The van der Waals surface area contributed by atoms with Crippen molar-refractivity contribution in [3.63, 3.8) is 0 Å². The summed E-state index contributed by atoms with van der Waals surface area (Å²) in [6.45, 7) is 0.441. The van der Waals surface area contributed by atoms with E-state index in [2.05, 4.69) is 15.3 Å². The molecule has 1 atom stereocenters. The van der Waals surface area contributed by atoms with Crippen molar-refractivity contribution in [1.29, 1.82) is 0 Å². The topological polar surface area (TPSA) is 80.9 Å². The lowest BCUT2D eigenvalue weighted by atomic mass is 9.91. The Labute approximate surface area is 131 Å². The zero-order valence-corrected chi connectivity index (χ0v) is 12.6. The molecule has 5 nitrogen and oxygen atoms in total. The zero-order valence-electron chi connectivity index (χ0n) is 11.7. The minimum absolute atomic E-state index is 0.0294. The van der Waals surface area contributed by atoms with Crippen LogP contribution in [0, 0.1) is 0 Å². The highest BCUT2D eigenvalue weighted by Crippen LogP contribution is 2.39. The highest BCUT2D eigenvalue weighted by Gasteiger charge is 2.28. The Morgan fingerprint density at radius 3 is 3.05 bits per heavy atom. The fourth-order valence-electron chi connectivity index (χ4n) is 2.97. The number of carbonyl (C=O) groups is 1. The molecule has 0 bridgehead atoms. The molecule has 1 amide bonds. The van der Waals surface area contributed by atoms with Crippen LogP contribution < -0.4 is 11.1 Å². The third-order valence-electron chi connectivity index (χ3n) is 3.94. The molecule has 0 spiro atoms. The van der Waals surface area contributed by atoms with E-state index in [1.807, 2.05) is 30.3 Å². The average Bonchev–Trinajstić information content (AvgIpc) is 2.84. The molecule has 0 saturated heterocycles. The maximum Gasteiger partial charge on any atom is 0.221 e. The van der Waals surface area contributed by atoms with Crippen molar-refractivity contribution in [1.82, 2.24) is 15.3 Å². The second kappa shape index (κ2) is 5.06. The van der Waals surface area contributed by atoms with Crippen LogP contribution in [0.2, 0.25) is 0 Å². The number of nitrogens with one attached hydrogen (secondary N) is 1. The smallest absolute Gasteiger partial charge is 0.221 e. The minimum Gasteiger partial charge on any atom is -0.375 e. The Hall–Kier alpha value is -2.47. The summed E-state index contributed by atoms with van der Waals surface area (Å²) in [5.41, 5.74) is 8.73.